The van der Waals surface area contributed by atoms with E-state index in [0.29, 0.717) is 11.3 Å². The van der Waals surface area contributed by atoms with E-state index < -0.39 is 0 Å². The molecule has 2 nitrogen and oxygen atoms in total. The fourth-order valence-corrected chi connectivity index (χ4v) is 1.75. The molecule has 0 saturated carbocycles. The Labute approximate surface area is 75.7 Å². The second-order valence-corrected chi connectivity index (χ2v) is 3.17. The van der Waals surface area contributed by atoms with Gasteiger partial charge in [-0.05, 0) is 30.9 Å². The van der Waals surface area contributed by atoms with Crippen LogP contribution in [-0.2, 0) is 6.42 Å². The van der Waals surface area contributed by atoms with Crippen molar-refractivity contribution in [3.8, 4) is 0 Å². The SMILES string of the molecule is O/N=C1/CCCc2c(F)cccc21. The van der Waals surface area contributed by atoms with Crippen molar-refractivity contribution < 1.29 is 9.60 Å². The zero-order valence-corrected chi connectivity index (χ0v) is 7.13. The molecule has 0 aromatic heterocycles. The molecule has 68 valence electrons. The maximum absolute atomic E-state index is 13.2. The summed E-state index contributed by atoms with van der Waals surface area (Å²) in [7, 11) is 0. The molecule has 0 fully saturated rings. The molecular weight excluding hydrogens is 169 g/mol. The van der Waals surface area contributed by atoms with Crippen LogP contribution in [0.25, 0.3) is 0 Å². The molecule has 0 saturated heterocycles. The summed E-state index contributed by atoms with van der Waals surface area (Å²) in [4.78, 5) is 0. The largest absolute Gasteiger partial charge is 0.411 e. The minimum Gasteiger partial charge on any atom is -0.411 e. The normalized spacial score (nSPS) is 18.7. The van der Waals surface area contributed by atoms with Gasteiger partial charge in [-0.25, -0.2) is 4.39 Å². The third-order valence-corrected chi connectivity index (χ3v) is 2.39. The number of hydrogen-bond donors (Lipinski definition) is 1. The number of halogens is 1. The average Bonchev–Trinajstić information content (AvgIpc) is 2.18. The van der Waals surface area contributed by atoms with E-state index in [4.69, 9.17) is 5.21 Å². The summed E-state index contributed by atoms with van der Waals surface area (Å²) in [5.41, 5.74) is 2.04. The Morgan fingerprint density at radius 1 is 1.31 bits per heavy atom. The van der Waals surface area contributed by atoms with E-state index in [-0.39, 0.29) is 5.82 Å². The number of benzene rings is 1. The Hall–Kier alpha value is -1.38. The Balaban J connectivity index is 2.58. The molecule has 1 N–H and O–H groups in total. The molecule has 1 aliphatic carbocycles. The highest BCUT2D eigenvalue weighted by atomic mass is 19.1. The number of nitrogens with zero attached hydrogens (tertiary/aromatic N) is 1. The summed E-state index contributed by atoms with van der Waals surface area (Å²) in [6, 6.07) is 4.89. The molecule has 1 aromatic carbocycles. The van der Waals surface area contributed by atoms with Gasteiger partial charge < -0.3 is 5.21 Å². The average molecular weight is 179 g/mol. The first-order valence-electron chi connectivity index (χ1n) is 4.31. The molecule has 2 rings (SSSR count). The molecular formula is C10H10FNO. The number of hydrogen-bond acceptors (Lipinski definition) is 2. The fraction of sp³-hybridized carbons (Fsp3) is 0.300. The van der Waals surface area contributed by atoms with E-state index in [9.17, 15) is 4.39 Å². The minimum atomic E-state index is -0.196. The monoisotopic (exact) mass is 179 g/mol. The Morgan fingerprint density at radius 3 is 2.92 bits per heavy atom. The third kappa shape index (κ3) is 1.30. The van der Waals surface area contributed by atoms with Gasteiger partial charge in [-0.15, -0.1) is 0 Å². The van der Waals surface area contributed by atoms with Crippen molar-refractivity contribution in [1.29, 1.82) is 0 Å². The van der Waals surface area contributed by atoms with Crippen LogP contribution in [0, 0.1) is 5.82 Å². The minimum absolute atomic E-state index is 0.196. The maximum atomic E-state index is 13.2. The summed E-state index contributed by atoms with van der Waals surface area (Å²) in [5, 5.41) is 11.9. The molecule has 0 unspecified atom stereocenters. The predicted octanol–water partition coefficient (Wildman–Crippen LogP) is 2.34. The van der Waals surface area contributed by atoms with E-state index in [1.807, 2.05) is 0 Å². The maximum Gasteiger partial charge on any atom is 0.127 e. The van der Waals surface area contributed by atoms with Crippen LogP contribution in [0.4, 0.5) is 4.39 Å². The van der Waals surface area contributed by atoms with Crippen LogP contribution in [0.2, 0.25) is 0 Å². The first kappa shape index (κ1) is 8.23. The molecule has 0 spiro atoms. The molecule has 1 aliphatic rings. The van der Waals surface area contributed by atoms with E-state index >= 15 is 0 Å². The first-order chi connectivity index (χ1) is 6.33. The molecule has 0 aliphatic heterocycles. The lowest BCUT2D eigenvalue weighted by atomic mass is 9.90. The highest BCUT2D eigenvalue weighted by Crippen LogP contribution is 2.23. The summed E-state index contributed by atoms with van der Waals surface area (Å²) in [6.45, 7) is 0. The molecule has 0 amide bonds. The van der Waals surface area contributed by atoms with Crippen molar-refractivity contribution in [2.24, 2.45) is 5.16 Å². The number of fused-ring (bicyclic) bond motifs is 1. The van der Waals surface area contributed by atoms with E-state index in [1.165, 1.54) is 6.07 Å². The van der Waals surface area contributed by atoms with Crippen molar-refractivity contribution in [2.75, 3.05) is 0 Å². The van der Waals surface area contributed by atoms with Crippen LogP contribution >= 0.6 is 0 Å². The lowest BCUT2D eigenvalue weighted by molar-refractivity contribution is 0.317. The zero-order valence-electron chi connectivity index (χ0n) is 7.13. The molecule has 3 heteroatoms. The Bertz CT molecular complexity index is 360. The molecule has 0 radical (unpaired) electrons. The molecule has 0 atom stereocenters. The second kappa shape index (κ2) is 3.17. The van der Waals surface area contributed by atoms with Gasteiger partial charge in [0.1, 0.15) is 5.82 Å². The standard InChI is InChI=1S/C10H10FNO/c11-9-5-1-4-8-7(9)3-2-6-10(8)12-13/h1,4-5,13H,2-3,6H2/b12-10-. The van der Waals surface area contributed by atoms with Crippen molar-refractivity contribution in [2.45, 2.75) is 19.3 Å². The summed E-state index contributed by atoms with van der Waals surface area (Å²) >= 11 is 0. The van der Waals surface area contributed by atoms with E-state index in [2.05, 4.69) is 5.16 Å². The van der Waals surface area contributed by atoms with Gasteiger partial charge in [-0.1, -0.05) is 17.3 Å². The third-order valence-electron chi connectivity index (χ3n) is 2.39. The topological polar surface area (TPSA) is 32.6 Å². The molecule has 0 bridgehead atoms. The summed E-state index contributed by atoms with van der Waals surface area (Å²) < 4.78 is 13.2. The van der Waals surface area contributed by atoms with Crippen LogP contribution in [0.3, 0.4) is 0 Å². The predicted molar refractivity (Wildman–Crippen MR) is 47.7 cm³/mol. The Kier molecular flexibility index (Phi) is 2.00. The van der Waals surface area contributed by atoms with Gasteiger partial charge in [0.05, 0.1) is 5.71 Å². The highest BCUT2D eigenvalue weighted by molar-refractivity contribution is 6.02. The Morgan fingerprint density at radius 2 is 2.15 bits per heavy atom. The first-order valence-corrected chi connectivity index (χ1v) is 4.31. The molecule has 0 heterocycles. The van der Waals surface area contributed by atoms with Crippen molar-refractivity contribution in [1.82, 2.24) is 0 Å². The smallest absolute Gasteiger partial charge is 0.127 e. The lowest BCUT2D eigenvalue weighted by Crippen LogP contribution is -2.13. The van der Waals surface area contributed by atoms with Crippen LogP contribution in [0.15, 0.2) is 23.4 Å². The van der Waals surface area contributed by atoms with Crippen LogP contribution in [0.5, 0.6) is 0 Å². The number of rotatable bonds is 0. The summed E-state index contributed by atoms with van der Waals surface area (Å²) in [6.07, 6.45) is 2.32. The van der Waals surface area contributed by atoms with Gasteiger partial charge in [0.15, 0.2) is 0 Å². The van der Waals surface area contributed by atoms with E-state index in [1.54, 1.807) is 12.1 Å². The van der Waals surface area contributed by atoms with Gasteiger partial charge in [0.2, 0.25) is 0 Å². The van der Waals surface area contributed by atoms with Gasteiger partial charge in [0.25, 0.3) is 0 Å². The van der Waals surface area contributed by atoms with Crippen LogP contribution < -0.4 is 0 Å². The van der Waals surface area contributed by atoms with E-state index in [0.717, 1.165) is 24.8 Å². The zero-order chi connectivity index (χ0) is 9.26. The molecule has 13 heavy (non-hydrogen) atoms. The highest BCUT2D eigenvalue weighted by Gasteiger charge is 2.18. The quantitative estimate of drug-likeness (QED) is 0.481. The fourth-order valence-electron chi connectivity index (χ4n) is 1.75. The van der Waals surface area contributed by atoms with Gasteiger partial charge in [-0.3, -0.25) is 0 Å². The van der Waals surface area contributed by atoms with Crippen molar-refractivity contribution in [3.63, 3.8) is 0 Å². The lowest BCUT2D eigenvalue weighted by Gasteiger charge is -2.16. The van der Waals surface area contributed by atoms with Gasteiger partial charge in [-0.2, -0.15) is 0 Å². The van der Waals surface area contributed by atoms with Crippen LogP contribution in [-0.4, -0.2) is 10.9 Å². The molecule has 1 aromatic rings. The van der Waals surface area contributed by atoms with Crippen molar-refractivity contribution in [3.05, 3.63) is 35.1 Å². The number of oxime groups is 1. The van der Waals surface area contributed by atoms with Gasteiger partial charge >= 0.3 is 0 Å². The summed E-state index contributed by atoms with van der Waals surface area (Å²) in [5.74, 6) is -0.196. The second-order valence-electron chi connectivity index (χ2n) is 3.17. The van der Waals surface area contributed by atoms with Crippen LogP contribution in [0.1, 0.15) is 24.0 Å². The van der Waals surface area contributed by atoms with Gasteiger partial charge in [0, 0.05) is 5.56 Å². The van der Waals surface area contributed by atoms with Crippen molar-refractivity contribution >= 4 is 5.71 Å².